The zero-order valence-electron chi connectivity index (χ0n) is 14.9. The number of halogens is 2. The zero-order valence-corrected chi connectivity index (χ0v) is 16.5. The van der Waals surface area contributed by atoms with Gasteiger partial charge in [0.05, 0.1) is 6.04 Å². The van der Waals surface area contributed by atoms with E-state index in [0.717, 1.165) is 24.2 Å². The number of carbonyl (C=O) groups excluding carboxylic acids is 1. The second-order valence-corrected chi connectivity index (χ2v) is 6.11. The molecule has 2 aromatic rings. The van der Waals surface area contributed by atoms with Crippen molar-refractivity contribution in [3.63, 3.8) is 0 Å². The molecule has 1 fully saturated rings. The van der Waals surface area contributed by atoms with E-state index in [1.807, 2.05) is 36.4 Å². The summed E-state index contributed by atoms with van der Waals surface area (Å²) in [7, 11) is 0. The standard InChI is InChI=1S/C19H23N3O3.2ClH/c20-18(15-8-10-24-11-9-15)19(23)22-13-14-6-7-17(21-12-14)25-16-4-2-1-3-5-16;;/h1-7,12,15,18H,8-11,13,20H2,(H,22,23);2*1H. The summed E-state index contributed by atoms with van der Waals surface area (Å²) in [6, 6.07) is 12.6. The first-order valence-electron chi connectivity index (χ1n) is 8.51. The number of aromatic nitrogens is 1. The van der Waals surface area contributed by atoms with Crippen LogP contribution in [0.4, 0.5) is 0 Å². The van der Waals surface area contributed by atoms with E-state index in [-0.39, 0.29) is 36.6 Å². The van der Waals surface area contributed by atoms with Gasteiger partial charge < -0.3 is 20.5 Å². The fourth-order valence-corrected chi connectivity index (χ4v) is 2.78. The molecule has 8 heteroatoms. The van der Waals surface area contributed by atoms with E-state index < -0.39 is 6.04 Å². The maximum Gasteiger partial charge on any atom is 0.237 e. The smallest absolute Gasteiger partial charge is 0.237 e. The molecule has 1 saturated heterocycles. The van der Waals surface area contributed by atoms with Crippen molar-refractivity contribution in [2.24, 2.45) is 11.7 Å². The summed E-state index contributed by atoms with van der Waals surface area (Å²) in [6.45, 7) is 1.76. The largest absolute Gasteiger partial charge is 0.439 e. The van der Waals surface area contributed by atoms with Gasteiger partial charge in [-0.25, -0.2) is 4.98 Å². The summed E-state index contributed by atoms with van der Waals surface area (Å²) in [6.07, 6.45) is 3.36. The summed E-state index contributed by atoms with van der Waals surface area (Å²) in [5.41, 5.74) is 6.96. The first kappa shape index (κ1) is 23.2. The highest BCUT2D eigenvalue weighted by molar-refractivity contribution is 5.85. The van der Waals surface area contributed by atoms with E-state index in [1.54, 1.807) is 12.3 Å². The number of benzene rings is 1. The molecule has 27 heavy (non-hydrogen) atoms. The molecule has 0 bridgehead atoms. The van der Waals surface area contributed by atoms with Crippen LogP contribution in [-0.4, -0.2) is 30.1 Å². The van der Waals surface area contributed by atoms with Crippen molar-refractivity contribution in [3.05, 3.63) is 54.2 Å². The number of nitrogens with one attached hydrogen (secondary N) is 1. The molecule has 148 valence electrons. The van der Waals surface area contributed by atoms with E-state index in [9.17, 15) is 4.79 Å². The Hall–Kier alpha value is -1.86. The number of para-hydroxylation sites is 1. The monoisotopic (exact) mass is 413 g/mol. The van der Waals surface area contributed by atoms with E-state index in [4.69, 9.17) is 15.2 Å². The molecule has 1 amide bonds. The van der Waals surface area contributed by atoms with Crippen LogP contribution in [0.3, 0.4) is 0 Å². The van der Waals surface area contributed by atoms with Gasteiger partial charge in [0.2, 0.25) is 11.8 Å². The molecule has 1 aromatic carbocycles. The van der Waals surface area contributed by atoms with Crippen molar-refractivity contribution in [3.8, 4) is 11.6 Å². The minimum Gasteiger partial charge on any atom is -0.439 e. The van der Waals surface area contributed by atoms with Crippen LogP contribution in [0.15, 0.2) is 48.7 Å². The van der Waals surface area contributed by atoms with Gasteiger partial charge in [0, 0.05) is 32.0 Å². The molecule has 6 nitrogen and oxygen atoms in total. The Morgan fingerprint density at radius 1 is 1.19 bits per heavy atom. The topological polar surface area (TPSA) is 86.5 Å². The van der Waals surface area contributed by atoms with Gasteiger partial charge in [0.25, 0.3) is 0 Å². The lowest BCUT2D eigenvalue weighted by Crippen LogP contribution is -2.46. The minimum absolute atomic E-state index is 0. The van der Waals surface area contributed by atoms with Crippen LogP contribution >= 0.6 is 24.8 Å². The van der Waals surface area contributed by atoms with Gasteiger partial charge >= 0.3 is 0 Å². The first-order chi connectivity index (χ1) is 12.2. The molecule has 0 radical (unpaired) electrons. The SMILES string of the molecule is Cl.Cl.NC(C(=O)NCc1ccc(Oc2ccccc2)nc1)C1CCOCC1. The summed E-state index contributed by atoms with van der Waals surface area (Å²) >= 11 is 0. The second kappa shape index (κ2) is 11.8. The summed E-state index contributed by atoms with van der Waals surface area (Å²) in [5, 5.41) is 2.88. The highest BCUT2D eigenvalue weighted by atomic mass is 35.5. The zero-order chi connectivity index (χ0) is 17.5. The fraction of sp³-hybridized carbons (Fsp3) is 0.368. The van der Waals surface area contributed by atoms with Crippen LogP contribution < -0.4 is 15.8 Å². The number of carbonyl (C=O) groups is 1. The molecule has 2 heterocycles. The van der Waals surface area contributed by atoms with Crippen molar-refractivity contribution in [2.45, 2.75) is 25.4 Å². The van der Waals surface area contributed by atoms with Gasteiger partial charge in [0.15, 0.2) is 0 Å². The number of hydrogen-bond acceptors (Lipinski definition) is 5. The molecule has 3 N–H and O–H groups in total. The highest BCUT2D eigenvalue weighted by Crippen LogP contribution is 2.19. The molecule has 1 atom stereocenters. The van der Waals surface area contributed by atoms with Gasteiger partial charge in [-0.3, -0.25) is 4.79 Å². The van der Waals surface area contributed by atoms with Crippen molar-refractivity contribution in [1.29, 1.82) is 0 Å². The van der Waals surface area contributed by atoms with E-state index in [1.165, 1.54) is 0 Å². The molecule has 1 aromatic heterocycles. The van der Waals surface area contributed by atoms with Crippen LogP contribution in [0.1, 0.15) is 18.4 Å². The molecular formula is C19H25Cl2N3O3. The van der Waals surface area contributed by atoms with Gasteiger partial charge in [-0.2, -0.15) is 0 Å². The summed E-state index contributed by atoms with van der Waals surface area (Å²) < 4.78 is 11.0. The minimum atomic E-state index is -0.488. The summed E-state index contributed by atoms with van der Waals surface area (Å²) in [4.78, 5) is 16.5. The van der Waals surface area contributed by atoms with Crippen molar-refractivity contribution < 1.29 is 14.3 Å². The Balaban J connectivity index is 0.00000182. The van der Waals surface area contributed by atoms with E-state index in [2.05, 4.69) is 10.3 Å². The molecule has 1 aliphatic rings. The Bertz CT molecular complexity index is 680. The second-order valence-electron chi connectivity index (χ2n) is 6.11. The number of nitrogens with two attached hydrogens (primary N) is 1. The molecule has 0 saturated carbocycles. The quantitative estimate of drug-likeness (QED) is 0.759. The Morgan fingerprint density at radius 2 is 1.89 bits per heavy atom. The maximum absolute atomic E-state index is 12.2. The molecular weight excluding hydrogens is 389 g/mol. The first-order valence-corrected chi connectivity index (χ1v) is 8.51. The van der Waals surface area contributed by atoms with Gasteiger partial charge in [-0.05, 0) is 36.5 Å². The highest BCUT2D eigenvalue weighted by Gasteiger charge is 2.26. The van der Waals surface area contributed by atoms with Gasteiger partial charge in [-0.1, -0.05) is 24.3 Å². The number of amides is 1. The van der Waals surface area contributed by atoms with Crippen molar-refractivity contribution in [2.75, 3.05) is 13.2 Å². The number of pyridine rings is 1. The third-order valence-corrected chi connectivity index (χ3v) is 4.31. The number of rotatable bonds is 6. The maximum atomic E-state index is 12.2. The van der Waals surface area contributed by atoms with Crippen molar-refractivity contribution in [1.82, 2.24) is 10.3 Å². The van der Waals surface area contributed by atoms with Crippen LogP contribution in [-0.2, 0) is 16.1 Å². The number of ether oxygens (including phenoxy) is 2. The van der Waals surface area contributed by atoms with Gasteiger partial charge in [0.1, 0.15) is 5.75 Å². The molecule has 1 unspecified atom stereocenters. The summed E-state index contributed by atoms with van der Waals surface area (Å²) in [5.74, 6) is 1.31. The fourth-order valence-electron chi connectivity index (χ4n) is 2.78. The van der Waals surface area contributed by atoms with Crippen LogP contribution in [0.2, 0.25) is 0 Å². The average molecular weight is 414 g/mol. The molecule has 1 aliphatic heterocycles. The van der Waals surface area contributed by atoms with Gasteiger partial charge in [-0.15, -0.1) is 24.8 Å². The Morgan fingerprint density at radius 3 is 2.52 bits per heavy atom. The average Bonchev–Trinajstić information content (AvgIpc) is 2.68. The lowest BCUT2D eigenvalue weighted by molar-refractivity contribution is -0.124. The van der Waals surface area contributed by atoms with Crippen LogP contribution in [0.5, 0.6) is 11.6 Å². The van der Waals surface area contributed by atoms with E-state index >= 15 is 0 Å². The number of hydrogen-bond donors (Lipinski definition) is 2. The Kier molecular flexibility index (Phi) is 10.1. The normalized spacial score (nSPS) is 15.0. The molecule has 3 rings (SSSR count). The lowest BCUT2D eigenvalue weighted by Gasteiger charge is -2.26. The molecule has 0 spiro atoms. The van der Waals surface area contributed by atoms with Crippen LogP contribution in [0, 0.1) is 5.92 Å². The lowest BCUT2D eigenvalue weighted by atomic mass is 9.92. The number of nitrogens with zero attached hydrogens (tertiary/aromatic N) is 1. The van der Waals surface area contributed by atoms with Crippen LogP contribution in [0.25, 0.3) is 0 Å². The van der Waals surface area contributed by atoms with E-state index in [0.29, 0.717) is 25.6 Å². The molecule has 0 aliphatic carbocycles. The third-order valence-electron chi connectivity index (χ3n) is 4.31. The predicted octanol–water partition coefficient (Wildman–Crippen LogP) is 3.09. The predicted molar refractivity (Wildman–Crippen MR) is 109 cm³/mol. The third kappa shape index (κ3) is 6.99. The van der Waals surface area contributed by atoms with Crippen molar-refractivity contribution >= 4 is 30.7 Å². The Labute approximate surface area is 171 Å².